The molecule has 3 aliphatic carbocycles. The zero-order valence-corrected chi connectivity index (χ0v) is 7.35. The number of nitrogens with zero attached hydrogens (tertiary/aromatic N) is 1. The summed E-state index contributed by atoms with van der Waals surface area (Å²) in [6, 6.07) is 2.30. The van der Waals surface area contributed by atoms with Gasteiger partial charge in [-0.25, -0.2) is 0 Å². The van der Waals surface area contributed by atoms with Gasteiger partial charge in [0.15, 0.2) is 0 Å². The third-order valence-electron chi connectivity index (χ3n) is 3.86. The van der Waals surface area contributed by atoms with Crippen LogP contribution in [0.4, 0.5) is 0 Å². The van der Waals surface area contributed by atoms with Gasteiger partial charge in [0.2, 0.25) is 0 Å². The van der Waals surface area contributed by atoms with E-state index in [0.717, 1.165) is 12.3 Å². The van der Waals surface area contributed by atoms with Gasteiger partial charge in [0, 0.05) is 6.42 Å². The van der Waals surface area contributed by atoms with Crippen molar-refractivity contribution in [3.63, 3.8) is 0 Å². The van der Waals surface area contributed by atoms with Crippen molar-refractivity contribution in [1.29, 1.82) is 5.26 Å². The number of hydrogen-bond acceptors (Lipinski definition) is 1. The second-order valence-electron chi connectivity index (χ2n) is 4.88. The van der Waals surface area contributed by atoms with Gasteiger partial charge in [0.25, 0.3) is 0 Å². The molecular weight excluding hydrogens is 134 g/mol. The highest BCUT2D eigenvalue weighted by Crippen LogP contribution is 2.77. The Bertz CT molecular complexity index is 202. The normalized spacial score (nSPS) is 46.0. The van der Waals surface area contributed by atoms with Crippen molar-refractivity contribution >= 4 is 0 Å². The van der Waals surface area contributed by atoms with Crippen molar-refractivity contribution in [2.45, 2.75) is 39.5 Å². The van der Waals surface area contributed by atoms with E-state index in [1.54, 1.807) is 0 Å². The molecule has 1 heteroatoms. The molecule has 0 radical (unpaired) electrons. The Morgan fingerprint density at radius 3 is 2.27 bits per heavy atom. The third-order valence-corrected chi connectivity index (χ3v) is 3.86. The second-order valence-corrected chi connectivity index (χ2v) is 4.88. The number of rotatable bonds is 2. The molecule has 3 fully saturated rings. The Labute approximate surface area is 68.4 Å². The molecule has 0 aromatic carbocycles. The van der Waals surface area contributed by atoms with E-state index in [9.17, 15) is 0 Å². The topological polar surface area (TPSA) is 23.8 Å². The van der Waals surface area contributed by atoms with Gasteiger partial charge in [-0.3, -0.25) is 0 Å². The average Bonchev–Trinajstić information content (AvgIpc) is 1.73. The first-order valence-corrected chi connectivity index (χ1v) is 4.50. The Morgan fingerprint density at radius 2 is 1.91 bits per heavy atom. The van der Waals surface area contributed by atoms with Gasteiger partial charge in [0.05, 0.1) is 6.07 Å². The standard InChI is InChI=1S/C10H15N/c1-8(2)10-5-9(6-10,7-10)3-4-11/h8H,3,5-7H2,1-2H3. The maximum atomic E-state index is 8.56. The summed E-state index contributed by atoms with van der Waals surface area (Å²) in [5, 5.41) is 8.56. The molecule has 3 rings (SSSR count). The van der Waals surface area contributed by atoms with Crippen molar-refractivity contribution in [1.82, 2.24) is 0 Å². The van der Waals surface area contributed by atoms with E-state index in [2.05, 4.69) is 19.9 Å². The molecule has 60 valence electrons. The lowest BCUT2D eigenvalue weighted by Gasteiger charge is -2.72. The minimum Gasteiger partial charge on any atom is -0.198 e. The van der Waals surface area contributed by atoms with Gasteiger partial charge in [-0.2, -0.15) is 5.26 Å². The molecule has 0 aromatic heterocycles. The van der Waals surface area contributed by atoms with Gasteiger partial charge in [-0.1, -0.05) is 13.8 Å². The van der Waals surface area contributed by atoms with Crippen LogP contribution < -0.4 is 0 Å². The molecule has 11 heavy (non-hydrogen) atoms. The summed E-state index contributed by atoms with van der Waals surface area (Å²) in [6.07, 6.45) is 4.82. The number of hydrogen-bond donors (Lipinski definition) is 0. The summed E-state index contributed by atoms with van der Waals surface area (Å²) in [6.45, 7) is 4.63. The van der Waals surface area contributed by atoms with Crippen LogP contribution in [-0.2, 0) is 0 Å². The highest BCUT2D eigenvalue weighted by atomic mass is 14.7. The molecule has 0 spiro atoms. The SMILES string of the molecule is CC(C)C12CC(CC#N)(C1)C2. The largest absolute Gasteiger partial charge is 0.198 e. The van der Waals surface area contributed by atoms with Crippen molar-refractivity contribution in [2.24, 2.45) is 16.7 Å². The fourth-order valence-corrected chi connectivity index (χ4v) is 3.05. The lowest BCUT2D eigenvalue weighted by Crippen LogP contribution is -2.63. The lowest BCUT2D eigenvalue weighted by atomic mass is 9.32. The Balaban J connectivity index is 1.95. The van der Waals surface area contributed by atoms with E-state index < -0.39 is 0 Å². The van der Waals surface area contributed by atoms with Crippen LogP contribution in [0.1, 0.15) is 39.5 Å². The van der Waals surface area contributed by atoms with E-state index in [-0.39, 0.29) is 0 Å². The zero-order chi connectivity index (χ0) is 8.11. The van der Waals surface area contributed by atoms with Crippen LogP contribution in [0.2, 0.25) is 0 Å². The minimum absolute atomic E-state index is 0.499. The first-order chi connectivity index (χ1) is 5.13. The first kappa shape index (κ1) is 7.16. The molecule has 0 aliphatic heterocycles. The smallest absolute Gasteiger partial charge is 0.0627 e. The van der Waals surface area contributed by atoms with Gasteiger partial charge in [-0.05, 0) is 36.0 Å². The summed E-state index contributed by atoms with van der Waals surface area (Å²) in [7, 11) is 0. The molecule has 0 N–H and O–H groups in total. The van der Waals surface area contributed by atoms with Gasteiger partial charge >= 0.3 is 0 Å². The predicted molar refractivity (Wildman–Crippen MR) is 43.8 cm³/mol. The quantitative estimate of drug-likeness (QED) is 0.592. The van der Waals surface area contributed by atoms with E-state index in [0.29, 0.717) is 10.8 Å². The molecular formula is C10H15N. The average molecular weight is 149 g/mol. The highest BCUT2D eigenvalue weighted by Gasteiger charge is 2.67. The van der Waals surface area contributed by atoms with E-state index in [4.69, 9.17) is 5.26 Å². The van der Waals surface area contributed by atoms with Crippen LogP contribution in [0.5, 0.6) is 0 Å². The van der Waals surface area contributed by atoms with E-state index in [1.807, 2.05) is 0 Å². The van der Waals surface area contributed by atoms with Crippen LogP contribution >= 0.6 is 0 Å². The number of nitriles is 1. The maximum absolute atomic E-state index is 8.56. The van der Waals surface area contributed by atoms with Crippen molar-refractivity contribution in [2.75, 3.05) is 0 Å². The molecule has 0 heterocycles. The predicted octanol–water partition coefficient (Wildman–Crippen LogP) is 2.73. The van der Waals surface area contributed by atoms with Gasteiger partial charge < -0.3 is 0 Å². The molecule has 0 aromatic rings. The Morgan fingerprint density at radius 1 is 1.36 bits per heavy atom. The first-order valence-electron chi connectivity index (χ1n) is 4.50. The fourth-order valence-electron chi connectivity index (χ4n) is 3.05. The molecule has 1 nitrogen and oxygen atoms in total. The van der Waals surface area contributed by atoms with E-state index in [1.165, 1.54) is 19.3 Å². The molecule has 3 aliphatic rings. The summed E-state index contributed by atoms with van der Waals surface area (Å²) in [5.41, 5.74) is 1.18. The Hall–Kier alpha value is -0.510. The van der Waals surface area contributed by atoms with Crippen molar-refractivity contribution < 1.29 is 0 Å². The third kappa shape index (κ3) is 0.704. The van der Waals surface area contributed by atoms with Crippen molar-refractivity contribution in [3.8, 4) is 6.07 Å². The van der Waals surface area contributed by atoms with Crippen molar-refractivity contribution in [3.05, 3.63) is 0 Å². The van der Waals surface area contributed by atoms with Crippen LogP contribution in [-0.4, -0.2) is 0 Å². The summed E-state index contributed by atoms with van der Waals surface area (Å²) < 4.78 is 0. The molecule has 3 saturated carbocycles. The highest BCUT2D eigenvalue weighted by molar-refractivity contribution is 5.19. The molecule has 0 atom stereocenters. The van der Waals surface area contributed by atoms with Crippen LogP contribution in [0.15, 0.2) is 0 Å². The minimum atomic E-state index is 0.499. The summed E-state index contributed by atoms with van der Waals surface area (Å²) >= 11 is 0. The molecule has 0 amide bonds. The summed E-state index contributed by atoms with van der Waals surface area (Å²) in [4.78, 5) is 0. The van der Waals surface area contributed by atoms with Crippen LogP contribution in [0.3, 0.4) is 0 Å². The molecule has 0 unspecified atom stereocenters. The fraction of sp³-hybridized carbons (Fsp3) is 0.900. The monoisotopic (exact) mass is 149 g/mol. The summed E-state index contributed by atoms with van der Waals surface area (Å²) in [5.74, 6) is 0.836. The van der Waals surface area contributed by atoms with Crippen LogP contribution in [0.25, 0.3) is 0 Å². The van der Waals surface area contributed by atoms with E-state index >= 15 is 0 Å². The van der Waals surface area contributed by atoms with Crippen LogP contribution in [0, 0.1) is 28.1 Å². The molecule has 0 saturated heterocycles. The van der Waals surface area contributed by atoms with Gasteiger partial charge in [0.1, 0.15) is 0 Å². The Kier molecular flexibility index (Phi) is 1.17. The second kappa shape index (κ2) is 1.80. The lowest BCUT2D eigenvalue weighted by molar-refractivity contribution is -0.226. The zero-order valence-electron chi connectivity index (χ0n) is 7.35. The molecule has 2 bridgehead atoms. The van der Waals surface area contributed by atoms with Gasteiger partial charge in [-0.15, -0.1) is 0 Å². The maximum Gasteiger partial charge on any atom is 0.0627 e.